The van der Waals surface area contributed by atoms with Gasteiger partial charge in [-0.2, -0.15) is 0 Å². The second-order valence-corrected chi connectivity index (χ2v) is 7.75. The fourth-order valence-electron chi connectivity index (χ4n) is 4.26. The van der Waals surface area contributed by atoms with Crippen LogP contribution in [0.3, 0.4) is 0 Å². The van der Waals surface area contributed by atoms with E-state index < -0.39 is 0 Å². The van der Waals surface area contributed by atoms with Crippen LogP contribution in [0.4, 0.5) is 0 Å². The summed E-state index contributed by atoms with van der Waals surface area (Å²) in [6, 6.07) is 15.9. The molecule has 1 aliphatic carbocycles. The minimum absolute atomic E-state index is 0.00599. The van der Waals surface area contributed by atoms with Crippen LogP contribution in [-0.2, 0) is 16.0 Å². The number of nitrogens with one attached hydrogen (secondary N) is 1. The molecule has 1 N–H and O–H groups in total. The second kappa shape index (κ2) is 7.32. The molecule has 3 nitrogen and oxygen atoms in total. The SMILES string of the molecule is CCc1ccc([C@H]2CC(=O)NC3=C2C(=O)C[C@H](c2ccccc2Cl)C3)cc1. The Morgan fingerprint density at radius 1 is 1.00 bits per heavy atom. The molecule has 4 rings (SSSR count). The number of amides is 1. The molecule has 0 radical (unpaired) electrons. The van der Waals surface area contributed by atoms with Crippen molar-refractivity contribution in [1.82, 2.24) is 5.32 Å². The minimum atomic E-state index is -0.153. The third kappa shape index (κ3) is 3.44. The van der Waals surface area contributed by atoms with E-state index in [4.69, 9.17) is 11.6 Å². The fourth-order valence-corrected chi connectivity index (χ4v) is 4.55. The van der Waals surface area contributed by atoms with Crippen molar-refractivity contribution in [3.8, 4) is 0 Å². The number of carbonyl (C=O) groups excluding carboxylic acids is 2. The second-order valence-electron chi connectivity index (χ2n) is 7.34. The highest BCUT2D eigenvalue weighted by Crippen LogP contribution is 2.43. The van der Waals surface area contributed by atoms with Crippen LogP contribution in [0.1, 0.15) is 54.7 Å². The molecule has 0 fully saturated rings. The highest BCUT2D eigenvalue weighted by atomic mass is 35.5. The number of carbonyl (C=O) groups is 2. The lowest BCUT2D eigenvalue weighted by Crippen LogP contribution is -2.38. The number of benzene rings is 2. The first-order valence-corrected chi connectivity index (χ1v) is 9.84. The van der Waals surface area contributed by atoms with Crippen LogP contribution in [0.5, 0.6) is 0 Å². The lowest BCUT2D eigenvalue weighted by Gasteiger charge is -2.34. The van der Waals surface area contributed by atoms with Crippen LogP contribution in [0.15, 0.2) is 59.8 Å². The first-order valence-electron chi connectivity index (χ1n) is 9.46. The number of hydrogen-bond acceptors (Lipinski definition) is 2. The zero-order chi connectivity index (χ0) is 19.0. The maximum Gasteiger partial charge on any atom is 0.225 e. The summed E-state index contributed by atoms with van der Waals surface area (Å²) in [4.78, 5) is 25.4. The van der Waals surface area contributed by atoms with Crippen molar-refractivity contribution in [2.75, 3.05) is 0 Å². The maximum absolute atomic E-state index is 13.1. The molecule has 0 bridgehead atoms. The monoisotopic (exact) mass is 379 g/mol. The van der Waals surface area contributed by atoms with Gasteiger partial charge in [0, 0.05) is 35.1 Å². The Morgan fingerprint density at radius 3 is 2.44 bits per heavy atom. The lowest BCUT2D eigenvalue weighted by molar-refractivity contribution is -0.122. The van der Waals surface area contributed by atoms with E-state index in [-0.39, 0.29) is 23.5 Å². The highest BCUT2D eigenvalue weighted by molar-refractivity contribution is 6.31. The third-order valence-corrected chi connectivity index (χ3v) is 6.02. The Labute approximate surface area is 164 Å². The van der Waals surface area contributed by atoms with E-state index in [9.17, 15) is 9.59 Å². The van der Waals surface area contributed by atoms with Crippen LogP contribution >= 0.6 is 11.6 Å². The minimum Gasteiger partial charge on any atom is -0.329 e. The van der Waals surface area contributed by atoms with E-state index in [1.807, 2.05) is 24.3 Å². The molecule has 1 amide bonds. The van der Waals surface area contributed by atoms with Gasteiger partial charge in [-0.05, 0) is 41.5 Å². The number of rotatable bonds is 3. The van der Waals surface area contributed by atoms with Crippen LogP contribution in [0.2, 0.25) is 5.02 Å². The highest BCUT2D eigenvalue weighted by Gasteiger charge is 2.38. The number of hydrogen-bond donors (Lipinski definition) is 1. The van der Waals surface area contributed by atoms with Crippen LogP contribution < -0.4 is 5.32 Å². The molecule has 138 valence electrons. The Morgan fingerprint density at radius 2 is 1.74 bits per heavy atom. The van der Waals surface area contributed by atoms with E-state index in [0.29, 0.717) is 24.3 Å². The van der Waals surface area contributed by atoms with Gasteiger partial charge in [0.05, 0.1) is 0 Å². The van der Waals surface area contributed by atoms with Gasteiger partial charge in [-0.1, -0.05) is 61.0 Å². The molecule has 27 heavy (non-hydrogen) atoms. The summed E-state index contributed by atoms with van der Waals surface area (Å²) in [6.07, 6.45) is 2.37. The van der Waals surface area contributed by atoms with Crippen molar-refractivity contribution in [3.63, 3.8) is 0 Å². The average molecular weight is 380 g/mol. The molecule has 2 aromatic rings. The molecule has 1 heterocycles. The quantitative estimate of drug-likeness (QED) is 0.823. The van der Waals surface area contributed by atoms with Crippen molar-refractivity contribution in [2.45, 2.75) is 44.4 Å². The first kappa shape index (κ1) is 18.0. The predicted octanol–water partition coefficient (Wildman–Crippen LogP) is 4.91. The number of Topliss-reactive ketones (excluding diaryl/α,β-unsaturated/α-hetero) is 1. The standard InChI is InChI=1S/C23H22ClNO2/c1-2-14-7-9-15(10-8-14)18-13-22(27)25-20-11-16(12-21(26)23(18)20)17-5-3-4-6-19(17)24/h3-10,16,18H,2,11-13H2,1H3,(H,25,27)/t16-,18-/m1/s1. The summed E-state index contributed by atoms with van der Waals surface area (Å²) in [5.74, 6) is -0.0533. The van der Waals surface area contributed by atoms with Crippen molar-refractivity contribution in [2.24, 2.45) is 0 Å². The molecule has 1 aliphatic heterocycles. The van der Waals surface area contributed by atoms with Crippen molar-refractivity contribution in [1.29, 1.82) is 0 Å². The summed E-state index contributed by atoms with van der Waals surface area (Å²) < 4.78 is 0. The Hall–Kier alpha value is -2.39. The van der Waals surface area contributed by atoms with Gasteiger partial charge in [0.2, 0.25) is 5.91 Å². The van der Waals surface area contributed by atoms with Crippen molar-refractivity contribution in [3.05, 3.63) is 81.5 Å². The van der Waals surface area contributed by atoms with Gasteiger partial charge in [-0.3, -0.25) is 9.59 Å². The number of ketones is 1. The largest absolute Gasteiger partial charge is 0.329 e. The number of allylic oxidation sites excluding steroid dienone is 2. The zero-order valence-electron chi connectivity index (χ0n) is 15.3. The molecule has 0 aromatic heterocycles. The van der Waals surface area contributed by atoms with Crippen molar-refractivity contribution < 1.29 is 9.59 Å². The van der Waals surface area contributed by atoms with E-state index in [1.165, 1.54) is 5.56 Å². The molecule has 0 saturated carbocycles. The summed E-state index contributed by atoms with van der Waals surface area (Å²) >= 11 is 6.35. The van der Waals surface area contributed by atoms with Crippen LogP contribution in [0, 0.1) is 0 Å². The summed E-state index contributed by atoms with van der Waals surface area (Å²) in [7, 11) is 0. The summed E-state index contributed by atoms with van der Waals surface area (Å²) in [5, 5.41) is 3.64. The molecular weight excluding hydrogens is 358 g/mol. The summed E-state index contributed by atoms with van der Waals surface area (Å²) in [5.41, 5.74) is 4.82. The maximum atomic E-state index is 13.1. The smallest absolute Gasteiger partial charge is 0.225 e. The van der Waals surface area contributed by atoms with Gasteiger partial charge in [0.15, 0.2) is 5.78 Å². The fraction of sp³-hybridized carbons (Fsp3) is 0.304. The van der Waals surface area contributed by atoms with Gasteiger partial charge in [0.25, 0.3) is 0 Å². The molecule has 2 aromatic carbocycles. The van der Waals surface area contributed by atoms with Gasteiger partial charge in [0.1, 0.15) is 0 Å². The molecule has 0 spiro atoms. The Bertz CT molecular complexity index is 930. The number of halogens is 1. The van der Waals surface area contributed by atoms with E-state index in [1.54, 1.807) is 0 Å². The molecule has 2 aliphatic rings. The molecule has 0 saturated heterocycles. The summed E-state index contributed by atoms with van der Waals surface area (Å²) in [6.45, 7) is 2.11. The zero-order valence-corrected chi connectivity index (χ0v) is 16.1. The van der Waals surface area contributed by atoms with Gasteiger partial charge >= 0.3 is 0 Å². The normalized spacial score (nSPS) is 22.4. The van der Waals surface area contributed by atoms with Gasteiger partial charge in [-0.25, -0.2) is 0 Å². The van der Waals surface area contributed by atoms with Crippen LogP contribution in [0.25, 0.3) is 0 Å². The number of aryl methyl sites for hydroxylation is 1. The Balaban J connectivity index is 1.70. The van der Waals surface area contributed by atoms with Gasteiger partial charge in [-0.15, -0.1) is 0 Å². The average Bonchev–Trinajstić information content (AvgIpc) is 2.67. The topological polar surface area (TPSA) is 46.2 Å². The van der Waals surface area contributed by atoms with Crippen molar-refractivity contribution >= 4 is 23.3 Å². The van der Waals surface area contributed by atoms with E-state index >= 15 is 0 Å². The molecular formula is C23H22ClNO2. The molecule has 4 heteroatoms. The lowest BCUT2D eigenvalue weighted by atomic mass is 9.73. The third-order valence-electron chi connectivity index (χ3n) is 5.67. The van der Waals surface area contributed by atoms with E-state index in [0.717, 1.165) is 28.8 Å². The molecule has 0 unspecified atom stereocenters. The predicted molar refractivity (Wildman–Crippen MR) is 107 cm³/mol. The van der Waals surface area contributed by atoms with Gasteiger partial charge < -0.3 is 5.32 Å². The van der Waals surface area contributed by atoms with Crippen LogP contribution in [-0.4, -0.2) is 11.7 Å². The molecule has 2 atom stereocenters. The first-order chi connectivity index (χ1) is 13.1. The Kier molecular flexibility index (Phi) is 4.88. The van der Waals surface area contributed by atoms with E-state index in [2.05, 4.69) is 36.5 Å².